The van der Waals surface area contributed by atoms with Crippen LogP contribution in [0.5, 0.6) is 0 Å². The van der Waals surface area contributed by atoms with Crippen LogP contribution in [0.3, 0.4) is 0 Å². The maximum absolute atomic E-state index is 14.2. The summed E-state index contributed by atoms with van der Waals surface area (Å²) in [6.07, 6.45) is 1.62. The summed E-state index contributed by atoms with van der Waals surface area (Å²) in [6, 6.07) is 3.25. The standard InChI is InChI=1S/C14H19FN4O/c1-4-17-13-12(15)11(6-8-18-13)14(20)19(10(2)3)9-5-7-16/h6,8,10H,4-5,9H2,1-3H3,(H,17,18). The Hall–Kier alpha value is -2.16. The highest BCUT2D eigenvalue weighted by atomic mass is 19.1. The molecule has 1 N–H and O–H groups in total. The lowest BCUT2D eigenvalue weighted by Crippen LogP contribution is -2.38. The number of pyridine rings is 1. The lowest BCUT2D eigenvalue weighted by Gasteiger charge is -2.26. The third kappa shape index (κ3) is 3.67. The van der Waals surface area contributed by atoms with Gasteiger partial charge in [-0.1, -0.05) is 0 Å². The van der Waals surface area contributed by atoms with Gasteiger partial charge in [-0.3, -0.25) is 4.79 Å². The first-order chi connectivity index (χ1) is 9.52. The van der Waals surface area contributed by atoms with E-state index >= 15 is 0 Å². The van der Waals surface area contributed by atoms with Crippen molar-refractivity contribution < 1.29 is 9.18 Å². The number of amides is 1. The number of aromatic nitrogens is 1. The van der Waals surface area contributed by atoms with E-state index in [-0.39, 0.29) is 30.4 Å². The molecular formula is C14H19FN4O. The number of nitrogens with zero attached hydrogens (tertiary/aromatic N) is 3. The maximum atomic E-state index is 14.2. The van der Waals surface area contributed by atoms with Crippen LogP contribution in [0.25, 0.3) is 0 Å². The molecule has 20 heavy (non-hydrogen) atoms. The molecule has 0 saturated heterocycles. The molecule has 0 saturated carbocycles. The normalized spacial score (nSPS) is 10.2. The van der Waals surface area contributed by atoms with Gasteiger partial charge in [-0.05, 0) is 26.8 Å². The number of halogens is 1. The largest absolute Gasteiger partial charge is 0.368 e. The van der Waals surface area contributed by atoms with Crippen molar-refractivity contribution in [3.05, 3.63) is 23.6 Å². The zero-order valence-electron chi connectivity index (χ0n) is 12.0. The summed E-state index contributed by atoms with van der Waals surface area (Å²) in [4.78, 5) is 17.7. The minimum atomic E-state index is -0.651. The smallest absolute Gasteiger partial charge is 0.257 e. The Morgan fingerprint density at radius 3 is 2.85 bits per heavy atom. The second-order valence-electron chi connectivity index (χ2n) is 4.55. The fraction of sp³-hybridized carbons (Fsp3) is 0.500. The van der Waals surface area contributed by atoms with Gasteiger partial charge in [0.25, 0.3) is 5.91 Å². The summed E-state index contributed by atoms with van der Waals surface area (Å²) in [5.74, 6) is -1.00. The van der Waals surface area contributed by atoms with E-state index in [2.05, 4.69) is 10.3 Å². The quantitative estimate of drug-likeness (QED) is 0.867. The van der Waals surface area contributed by atoms with E-state index in [1.54, 1.807) is 0 Å². The first-order valence-corrected chi connectivity index (χ1v) is 6.59. The predicted octanol–water partition coefficient (Wildman–Crippen LogP) is 2.42. The van der Waals surface area contributed by atoms with Crippen molar-refractivity contribution in [2.75, 3.05) is 18.4 Å². The first-order valence-electron chi connectivity index (χ1n) is 6.59. The zero-order chi connectivity index (χ0) is 15.1. The maximum Gasteiger partial charge on any atom is 0.257 e. The Bertz CT molecular complexity index is 510. The van der Waals surface area contributed by atoms with Crippen molar-refractivity contribution in [1.29, 1.82) is 5.26 Å². The summed E-state index contributed by atoms with van der Waals surface area (Å²) in [5, 5.41) is 11.4. The fourth-order valence-corrected chi connectivity index (χ4v) is 1.82. The van der Waals surface area contributed by atoms with Gasteiger partial charge < -0.3 is 10.2 Å². The first kappa shape index (κ1) is 15.9. The van der Waals surface area contributed by atoms with Gasteiger partial charge >= 0.3 is 0 Å². The molecule has 1 aromatic rings. The molecule has 1 amide bonds. The third-order valence-electron chi connectivity index (χ3n) is 2.81. The van der Waals surface area contributed by atoms with Crippen molar-refractivity contribution >= 4 is 11.7 Å². The summed E-state index contributed by atoms with van der Waals surface area (Å²) in [7, 11) is 0. The molecule has 5 nitrogen and oxygen atoms in total. The number of carbonyl (C=O) groups is 1. The highest BCUT2D eigenvalue weighted by Gasteiger charge is 2.23. The minimum Gasteiger partial charge on any atom is -0.368 e. The van der Waals surface area contributed by atoms with Gasteiger partial charge in [-0.25, -0.2) is 9.37 Å². The van der Waals surface area contributed by atoms with Crippen molar-refractivity contribution in [2.45, 2.75) is 33.2 Å². The highest BCUT2D eigenvalue weighted by molar-refractivity contribution is 5.95. The van der Waals surface area contributed by atoms with Gasteiger partial charge in [0.2, 0.25) is 0 Å². The lowest BCUT2D eigenvalue weighted by atomic mass is 10.1. The molecule has 0 aromatic carbocycles. The average Bonchev–Trinajstić information content (AvgIpc) is 2.41. The van der Waals surface area contributed by atoms with Crippen molar-refractivity contribution in [3.63, 3.8) is 0 Å². The van der Waals surface area contributed by atoms with E-state index in [0.29, 0.717) is 6.54 Å². The number of carbonyl (C=O) groups excluding carboxylic acids is 1. The molecule has 0 atom stereocenters. The van der Waals surface area contributed by atoms with Crippen LogP contribution in [-0.2, 0) is 0 Å². The lowest BCUT2D eigenvalue weighted by molar-refractivity contribution is 0.0705. The Morgan fingerprint density at radius 1 is 1.60 bits per heavy atom. The molecule has 0 aliphatic heterocycles. The number of nitrogens with one attached hydrogen (secondary N) is 1. The number of anilines is 1. The van der Waals surface area contributed by atoms with Gasteiger partial charge in [-0.15, -0.1) is 0 Å². The van der Waals surface area contributed by atoms with Crippen LogP contribution in [0.1, 0.15) is 37.6 Å². The Balaban J connectivity index is 3.06. The zero-order valence-corrected chi connectivity index (χ0v) is 12.0. The number of hydrogen-bond donors (Lipinski definition) is 1. The molecule has 0 aliphatic carbocycles. The summed E-state index contributed by atoms with van der Waals surface area (Å²) in [6.45, 7) is 6.29. The van der Waals surface area contributed by atoms with Crippen molar-refractivity contribution in [1.82, 2.24) is 9.88 Å². The van der Waals surface area contributed by atoms with Crippen molar-refractivity contribution in [3.8, 4) is 6.07 Å². The molecule has 1 heterocycles. The minimum absolute atomic E-state index is 0.0254. The molecule has 1 rings (SSSR count). The van der Waals surface area contributed by atoms with Crippen LogP contribution in [0, 0.1) is 17.1 Å². The molecule has 1 aromatic heterocycles. The van der Waals surface area contributed by atoms with Gasteiger partial charge in [0, 0.05) is 25.3 Å². The van der Waals surface area contributed by atoms with Crippen LogP contribution in [-0.4, -0.2) is 34.9 Å². The predicted molar refractivity (Wildman–Crippen MR) is 74.8 cm³/mol. The van der Waals surface area contributed by atoms with Crippen LogP contribution in [0.15, 0.2) is 12.3 Å². The Kier molecular flexibility index (Phi) is 5.91. The van der Waals surface area contributed by atoms with Crippen LogP contribution < -0.4 is 5.32 Å². The monoisotopic (exact) mass is 278 g/mol. The molecule has 108 valence electrons. The third-order valence-corrected chi connectivity index (χ3v) is 2.81. The molecular weight excluding hydrogens is 259 g/mol. The topological polar surface area (TPSA) is 69.0 Å². The van der Waals surface area contributed by atoms with E-state index in [1.807, 2.05) is 26.8 Å². The highest BCUT2D eigenvalue weighted by Crippen LogP contribution is 2.18. The number of rotatable bonds is 6. The van der Waals surface area contributed by atoms with E-state index in [9.17, 15) is 9.18 Å². The summed E-state index contributed by atoms with van der Waals surface area (Å²) in [5.41, 5.74) is -0.0254. The summed E-state index contributed by atoms with van der Waals surface area (Å²) >= 11 is 0. The van der Waals surface area contributed by atoms with Gasteiger partial charge in [0.15, 0.2) is 11.6 Å². The van der Waals surface area contributed by atoms with Gasteiger partial charge in [0.05, 0.1) is 18.1 Å². The average molecular weight is 278 g/mol. The molecule has 0 aliphatic rings. The SMILES string of the molecule is CCNc1nccc(C(=O)N(CCC#N)C(C)C)c1F. The Morgan fingerprint density at radius 2 is 2.30 bits per heavy atom. The second-order valence-corrected chi connectivity index (χ2v) is 4.55. The fourth-order valence-electron chi connectivity index (χ4n) is 1.82. The van der Waals surface area contributed by atoms with Crippen LogP contribution in [0.2, 0.25) is 0 Å². The molecule has 0 unspecified atom stereocenters. The summed E-state index contributed by atoms with van der Waals surface area (Å²) < 4.78 is 14.2. The van der Waals surface area contributed by atoms with Crippen LogP contribution in [0.4, 0.5) is 10.2 Å². The molecule has 0 spiro atoms. The van der Waals surface area contributed by atoms with Gasteiger partial charge in [0.1, 0.15) is 0 Å². The Labute approximate surface area is 118 Å². The van der Waals surface area contributed by atoms with E-state index in [0.717, 1.165) is 0 Å². The van der Waals surface area contributed by atoms with Crippen molar-refractivity contribution in [2.24, 2.45) is 0 Å². The number of nitriles is 1. The molecule has 0 radical (unpaired) electrons. The van der Waals surface area contributed by atoms with E-state index in [4.69, 9.17) is 5.26 Å². The molecule has 6 heteroatoms. The van der Waals surface area contributed by atoms with E-state index in [1.165, 1.54) is 17.2 Å². The van der Waals surface area contributed by atoms with Crippen LogP contribution >= 0.6 is 0 Å². The molecule has 0 bridgehead atoms. The second kappa shape index (κ2) is 7.43. The molecule has 0 fully saturated rings. The van der Waals surface area contributed by atoms with Gasteiger partial charge in [-0.2, -0.15) is 5.26 Å². The number of hydrogen-bond acceptors (Lipinski definition) is 4. The van der Waals surface area contributed by atoms with E-state index < -0.39 is 11.7 Å².